The van der Waals surface area contributed by atoms with Crippen LogP contribution in [0.4, 0.5) is 5.69 Å². The minimum Gasteiger partial charge on any atom is -0.379 e. The summed E-state index contributed by atoms with van der Waals surface area (Å²) in [5, 5.41) is 4.59. The summed E-state index contributed by atoms with van der Waals surface area (Å²) in [6, 6.07) is 17.5. The summed E-state index contributed by atoms with van der Waals surface area (Å²) in [5.74, 6) is 0. The van der Waals surface area contributed by atoms with Crippen molar-refractivity contribution in [2.24, 2.45) is 0 Å². The number of fused-ring (bicyclic) bond motifs is 1. The van der Waals surface area contributed by atoms with E-state index >= 15 is 0 Å². The molecular formula is C22H25N5S. The fraction of sp³-hybridized carbons (Fsp3) is 0.273. The van der Waals surface area contributed by atoms with Crippen molar-refractivity contribution in [2.75, 3.05) is 19.4 Å². The summed E-state index contributed by atoms with van der Waals surface area (Å²) < 4.78 is 3.41. The molecule has 0 saturated carbocycles. The molecule has 0 amide bonds. The van der Waals surface area contributed by atoms with E-state index in [1.165, 1.54) is 10.3 Å². The van der Waals surface area contributed by atoms with Crippen LogP contribution in [0.3, 0.4) is 0 Å². The Hall–Kier alpha value is -2.70. The van der Waals surface area contributed by atoms with E-state index in [9.17, 15) is 0 Å². The molecule has 2 heterocycles. The lowest BCUT2D eigenvalue weighted by Crippen LogP contribution is -2.34. The lowest BCUT2D eigenvalue weighted by atomic mass is 9.99. The average Bonchev–Trinajstić information content (AvgIpc) is 3.37. The molecule has 0 aliphatic rings. The number of imidazole rings is 1. The van der Waals surface area contributed by atoms with Gasteiger partial charge in [-0.25, -0.2) is 9.97 Å². The summed E-state index contributed by atoms with van der Waals surface area (Å²) in [6.07, 6.45) is 5.76. The molecule has 5 nitrogen and oxygen atoms in total. The van der Waals surface area contributed by atoms with Crippen molar-refractivity contribution >= 4 is 27.2 Å². The predicted octanol–water partition coefficient (Wildman–Crippen LogP) is 4.64. The number of para-hydroxylation sites is 1. The van der Waals surface area contributed by atoms with Crippen molar-refractivity contribution in [1.82, 2.24) is 19.4 Å². The molecule has 0 spiro atoms. The van der Waals surface area contributed by atoms with Gasteiger partial charge in [-0.1, -0.05) is 24.3 Å². The summed E-state index contributed by atoms with van der Waals surface area (Å²) in [7, 11) is 4.23. The standard InChI is InChI=1S/C22H25N5S/c1-16(26(2)3)22(27-13-12-23-15-27)17-8-10-18(11-9-17)24-14-21-25-19-6-4-5-7-20(19)28-21/h4-13,15-16,22,24H,14H2,1-3H3. The third-order valence-electron chi connectivity index (χ3n) is 5.15. The molecule has 144 valence electrons. The van der Waals surface area contributed by atoms with Gasteiger partial charge in [-0.3, -0.25) is 0 Å². The maximum atomic E-state index is 4.69. The maximum Gasteiger partial charge on any atom is 0.113 e. The Kier molecular flexibility index (Phi) is 5.41. The molecule has 0 bridgehead atoms. The molecule has 0 aliphatic carbocycles. The quantitative estimate of drug-likeness (QED) is 0.498. The van der Waals surface area contributed by atoms with Crippen LogP contribution in [0, 0.1) is 0 Å². The number of thiazole rings is 1. The maximum absolute atomic E-state index is 4.69. The topological polar surface area (TPSA) is 46.0 Å². The lowest BCUT2D eigenvalue weighted by molar-refractivity contribution is 0.252. The zero-order valence-electron chi connectivity index (χ0n) is 16.4. The number of rotatable bonds is 7. The van der Waals surface area contributed by atoms with Crippen LogP contribution >= 0.6 is 11.3 Å². The van der Waals surface area contributed by atoms with Gasteiger partial charge in [0.15, 0.2) is 0 Å². The highest BCUT2D eigenvalue weighted by atomic mass is 32.1. The molecule has 2 atom stereocenters. The summed E-state index contributed by atoms with van der Waals surface area (Å²) >= 11 is 1.74. The number of hydrogen-bond donors (Lipinski definition) is 1. The highest BCUT2D eigenvalue weighted by Crippen LogP contribution is 2.26. The van der Waals surface area contributed by atoms with Crippen molar-refractivity contribution in [3.05, 3.63) is 77.8 Å². The molecular weight excluding hydrogens is 366 g/mol. The fourth-order valence-corrected chi connectivity index (χ4v) is 4.29. The Labute approximate surface area is 169 Å². The van der Waals surface area contributed by atoms with E-state index < -0.39 is 0 Å². The minimum atomic E-state index is 0.218. The second-order valence-electron chi connectivity index (χ2n) is 7.21. The number of nitrogens with zero attached hydrogens (tertiary/aromatic N) is 4. The van der Waals surface area contributed by atoms with Crippen molar-refractivity contribution in [3.8, 4) is 0 Å². The van der Waals surface area contributed by atoms with Gasteiger partial charge in [-0.05, 0) is 50.8 Å². The fourth-order valence-electron chi connectivity index (χ4n) is 3.39. The van der Waals surface area contributed by atoms with Crippen molar-refractivity contribution < 1.29 is 0 Å². The normalized spacial score (nSPS) is 13.7. The first-order valence-electron chi connectivity index (χ1n) is 9.44. The molecule has 1 N–H and O–H groups in total. The average molecular weight is 392 g/mol. The molecule has 4 aromatic rings. The number of aromatic nitrogens is 3. The van der Waals surface area contributed by atoms with Crippen LogP contribution < -0.4 is 5.32 Å². The van der Waals surface area contributed by atoms with Crippen molar-refractivity contribution in [1.29, 1.82) is 0 Å². The molecule has 0 aliphatic heterocycles. The minimum absolute atomic E-state index is 0.218. The van der Waals surface area contributed by atoms with Gasteiger partial charge in [0, 0.05) is 24.1 Å². The van der Waals surface area contributed by atoms with Gasteiger partial charge in [0.25, 0.3) is 0 Å². The molecule has 6 heteroatoms. The second kappa shape index (κ2) is 8.12. The van der Waals surface area contributed by atoms with Crippen molar-refractivity contribution in [2.45, 2.75) is 25.6 Å². The Morgan fingerprint density at radius 3 is 2.57 bits per heavy atom. The third-order valence-corrected chi connectivity index (χ3v) is 6.19. The number of likely N-dealkylation sites (N-methyl/N-ethyl adjacent to an activating group) is 1. The highest BCUT2D eigenvalue weighted by Gasteiger charge is 2.22. The van der Waals surface area contributed by atoms with Crippen LogP contribution in [-0.4, -0.2) is 39.6 Å². The second-order valence-corrected chi connectivity index (χ2v) is 8.33. The first-order valence-corrected chi connectivity index (χ1v) is 10.3. The smallest absolute Gasteiger partial charge is 0.113 e. The zero-order chi connectivity index (χ0) is 19.5. The Morgan fingerprint density at radius 2 is 1.89 bits per heavy atom. The van der Waals surface area contributed by atoms with Gasteiger partial charge in [0.2, 0.25) is 0 Å². The zero-order valence-corrected chi connectivity index (χ0v) is 17.2. The van der Waals surface area contributed by atoms with Gasteiger partial charge in [-0.2, -0.15) is 0 Å². The van der Waals surface area contributed by atoms with E-state index in [0.29, 0.717) is 6.04 Å². The SMILES string of the molecule is CC(C(c1ccc(NCc2nc3ccccc3s2)cc1)n1ccnc1)N(C)C. The Balaban J connectivity index is 1.49. The summed E-state index contributed by atoms with van der Waals surface area (Å²) in [4.78, 5) is 11.2. The molecule has 0 saturated heterocycles. The van der Waals surface area contributed by atoms with Crippen LogP contribution in [0.1, 0.15) is 23.5 Å². The molecule has 4 rings (SSSR count). The molecule has 2 aromatic carbocycles. The van der Waals surface area contributed by atoms with Gasteiger partial charge in [-0.15, -0.1) is 11.3 Å². The molecule has 2 unspecified atom stereocenters. The lowest BCUT2D eigenvalue weighted by Gasteiger charge is -2.30. The Morgan fingerprint density at radius 1 is 1.11 bits per heavy atom. The van der Waals surface area contributed by atoms with E-state index in [1.54, 1.807) is 11.3 Å². The first-order chi connectivity index (χ1) is 13.6. The van der Waals surface area contributed by atoms with E-state index in [2.05, 4.69) is 83.3 Å². The summed E-state index contributed by atoms with van der Waals surface area (Å²) in [5.41, 5.74) is 3.44. The molecule has 28 heavy (non-hydrogen) atoms. The van der Waals surface area contributed by atoms with E-state index in [0.717, 1.165) is 22.8 Å². The van der Waals surface area contributed by atoms with Crippen LogP contribution in [0.2, 0.25) is 0 Å². The van der Waals surface area contributed by atoms with E-state index in [1.807, 2.05) is 24.8 Å². The van der Waals surface area contributed by atoms with E-state index in [4.69, 9.17) is 4.98 Å². The van der Waals surface area contributed by atoms with Gasteiger partial charge >= 0.3 is 0 Å². The number of nitrogens with one attached hydrogen (secondary N) is 1. The number of hydrogen-bond acceptors (Lipinski definition) is 5. The van der Waals surface area contributed by atoms with Crippen LogP contribution in [0.25, 0.3) is 10.2 Å². The van der Waals surface area contributed by atoms with E-state index in [-0.39, 0.29) is 6.04 Å². The molecule has 2 aromatic heterocycles. The van der Waals surface area contributed by atoms with Gasteiger partial charge in [0.1, 0.15) is 5.01 Å². The van der Waals surface area contributed by atoms with Crippen LogP contribution in [-0.2, 0) is 6.54 Å². The predicted molar refractivity (Wildman–Crippen MR) is 117 cm³/mol. The third kappa shape index (κ3) is 3.93. The monoisotopic (exact) mass is 391 g/mol. The largest absolute Gasteiger partial charge is 0.379 e. The molecule has 0 fully saturated rings. The van der Waals surface area contributed by atoms with Gasteiger partial charge < -0.3 is 14.8 Å². The van der Waals surface area contributed by atoms with Crippen LogP contribution in [0.5, 0.6) is 0 Å². The van der Waals surface area contributed by atoms with Crippen LogP contribution in [0.15, 0.2) is 67.3 Å². The number of benzene rings is 2. The number of anilines is 1. The highest BCUT2D eigenvalue weighted by molar-refractivity contribution is 7.18. The van der Waals surface area contributed by atoms with Gasteiger partial charge in [0.05, 0.1) is 29.1 Å². The van der Waals surface area contributed by atoms with Crippen molar-refractivity contribution in [3.63, 3.8) is 0 Å². The first kappa shape index (κ1) is 18.7. The summed E-state index contributed by atoms with van der Waals surface area (Å²) in [6.45, 7) is 2.97. The molecule has 0 radical (unpaired) electrons. The Bertz CT molecular complexity index is 988.